The Bertz CT molecular complexity index is 840. The zero-order valence-corrected chi connectivity index (χ0v) is 16.1. The van der Waals surface area contributed by atoms with Crippen molar-refractivity contribution in [2.75, 3.05) is 43.6 Å². The molecule has 1 aromatic heterocycles. The molecule has 27 heavy (non-hydrogen) atoms. The number of aromatic nitrogens is 2. The number of morpholine rings is 1. The monoisotopic (exact) mass is 392 g/mol. The molecule has 0 radical (unpaired) electrons. The van der Waals surface area contributed by atoms with E-state index < -0.39 is 10.0 Å². The maximum Gasteiger partial charge on any atom is 0.215 e. The molecule has 1 N–H and O–H groups in total. The van der Waals surface area contributed by atoms with E-state index in [4.69, 9.17) is 9.47 Å². The Morgan fingerprint density at radius 2 is 1.93 bits per heavy atom. The number of benzene rings is 1. The summed E-state index contributed by atoms with van der Waals surface area (Å²) in [5.74, 6) is 1.76. The summed E-state index contributed by atoms with van der Waals surface area (Å²) in [7, 11) is -3.49. The highest BCUT2D eigenvalue weighted by Gasteiger charge is 2.16. The molecule has 0 amide bonds. The van der Waals surface area contributed by atoms with E-state index in [0.717, 1.165) is 24.6 Å². The Labute approximate surface area is 159 Å². The maximum absolute atomic E-state index is 12.2. The lowest BCUT2D eigenvalue weighted by Gasteiger charge is -2.28. The topological polar surface area (TPSA) is 93.7 Å². The third-order valence-corrected chi connectivity index (χ3v) is 5.32. The standard InChI is InChI=1S/C18H24N4O4S/c1-15-13-18(22-7-9-25-10-8-22)21-17(20-15)14-19-27(23,24)12-11-26-16-5-3-2-4-6-16/h2-6,13,19H,7-12,14H2,1H3. The molecule has 1 aliphatic rings. The molecule has 8 nitrogen and oxygen atoms in total. The first-order chi connectivity index (χ1) is 13.0. The third kappa shape index (κ3) is 6.16. The molecule has 1 fully saturated rings. The molecular weight excluding hydrogens is 368 g/mol. The fraction of sp³-hybridized carbons (Fsp3) is 0.444. The lowest BCUT2D eigenvalue weighted by atomic mass is 10.3. The predicted molar refractivity (Wildman–Crippen MR) is 102 cm³/mol. The van der Waals surface area contributed by atoms with E-state index in [1.54, 1.807) is 12.1 Å². The van der Waals surface area contributed by atoms with E-state index in [-0.39, 0.29) is 18.9 Å². The average molecular weight is 392 g/mol. The molecule has 1 aliphatic heterocycles. The van der Waals surface area contributed by atoms with Gasteiger partial charge >= 0.3 is 0 Å². The first-order valence-corrected chi connectivity index (χ1v) is 10.5. The zero-order valence-electron chi connectivity index (χ0n) is 15.3. The number of para-hydroxylation sites is 1. The molecule has 2 heterocycles. The second kappa shape index (κ2) is 9.12. The van der Waals surface area contributed by atoms with Gasteiger partial charge in [-0.3, -0.25) is 0 Å². The van der Waals surface area contributed by atoms with Crippen molar-refractivity contribution < 1.29 is 17.9 Å². The third-order valence-electron chi connectivity index (χ3n) is 4.04. The average Bonchev–Trinajstić information content (AvgIpc) is 2.68. The highest BCUT2D eigenvalue weighted by molar-refractivity contribution is 7.89. The molecule has 3 rings (SSSR count). The molecule has 146 valence electrons. The Kier molecular flexibility index (Phi) is 6.59. The number of sulfonamides is 1. The van der Waals surface area contributed by atoms with Crippen molar-refractivity contribution in [3.8, 4) is 5.75 Å². The van der Waals surface area contributed by atoms with E-state index >= 15 is 0 Å². The van der Waals surface area contributed by atoms with Crippen molar-refractivity contribution in [3.05, 3.63) is 47.9 Å². The summed E-state index contributed by atoms with van der Waals surface area (Å²) in [6.45, 7) is 4.84. The summed E-state index contributed by atoms with van der Waals surface area (Å²) in [6, 6.07) is 11.0. The highest BCUT2D eigenvalue weighted by Crippen LogP contribution is 2.14. The summed E-state index contributed by atoms with van der Waals surface area (Å²) in [5, 5.41) is 0. The summed E-state index contributed by atoms with van der Waals surface area (Å²) >= 11 is 0. The normalized spacial score (nSPS) is 14.9. The van der Waals surface area contributed by atoms with Gasteiger partial charge < -0.3 is 14.4 Å². The smallest absolute Gasteiger partial charge is 0.215 e. The van der Waals surface area contributed by atoms with Crippen LogP contribution in [0.3, 0.4) is 0 Å². The van der Waals surface area contributed by atoms with Gasteiger partial charge in [0.1, 0.15) is 24.0 Å². The van der Waals surface area contributed by atoms with Crippen molar-refractivity contribution in [2.45, 2.75) is 13.5 Å². The lowest BCUT2D eigenvalue weighted by Crippen LogP contribution is -2.37. The minimum atomic E-state index is -3.49. The molecule has 1 aromatic carbocycles. The van der Waals surface area contributed by atoms with E-state index in [1.807, 2.05) is 31.2 Å². The van der Waals surface area contributed by atoms with Crippen molar-refractivity contribution in [2.24, 2.45) is 0 Å². The second-order valence-corrected chi connectivity index (χ2v) is 8.11. The van der Waals surface area contributed by atoms with Crippen LogP contribution >= 0.6 is 0 Å². The fourth-order valence-corrected chi connectivity index (χ4v) is 3.47. The molecule has 2 aromatic rings. The van der Waals surface area contributed by atoms with Crippen molar-refractivity contribution >= 4 is 15.8 Å². The van der Waals surface area contributed by atoms with Crippen LogP contribution in [0, 0.1) is 6.92 Å². The summed E-state index contributed by atoms with van der Waals surface area (Å²) in [6.07, 6.45) is 0. The van der Waals surface area contributed by atoms with Gasteiger partial charge in [-0.25, -0.2) is 23.1 Å². The van der Waals surface area contributed by atoms with Gasteiger partial charge in [0.25, 0.3) is 0 Å². The van der Waals surface area contributed by atoms with Gasteiger partial charge in [-0.2, -0.15) is 0 Å². The molecule has 9 heteroatoms. The first-order valence-electron chi connectivity index (χ1n) is 8.84. The Morgan fingerprint density at radius 3 is 2.67 bits per heavy atom. The van der Waals surface area contributed by atoms with Gasteiger partial charge in [-0.15, -0.1) is 0 Å². The molecule has 0 spiro atoms. The molecule has 0 unspecified atom stereocenters. The van der Waals surface area contributed by atoms with Crippen LogP contribution in [0.2, 0.25) is 0 Å². The number of anilines is 1. The predicted octanol–water partition coefficient (Wildman–Crippen LogP) is 1.12. The largest absolute Gasteiger partial charge is 0.492 e. The van der Waals surface area contributed by atoms with E-state index in [0.29, 0.717) is 24.8 Å². The minimum Gasteiger partial charge on any atom is -0.492 e. The number of aryl methyl sites for hydroxylation is 1. The maximum atomic E-state index is 12.2. The number of hydrogen-bond donors (Lipinski definition) is 1. The number of hydrogen-bond acceptors (Lipinski definition) is 7. The first kappa shape index (κ1) is 19.5. The van der Waals surface area contributed by atoms with Crippen molar-refractivity contribution in [3.63, 3.8) is 0 Å². The zero-order chi connectivity index (χ0) is 19.1. The lowest BCUT2D eigenvalue weighted by molar-refractivity contribution is 0.122. The molecule has 0 aliphatic carbocycles. The Hall–Kier alpha value is -2.23. The van der Waals surface area contributed by atoms with Crippen LogP contribution in [0.5, 0.6) is 5.75 Å². The molecule has 0 atom stereocenters. The SMILES string of the molecule is Cc1cc(N2CCOCC2)nc(CNS(=O)(=O)CCOc2ccccc2)n1. The van der Waals surface area contributed by atoms with Gasteiger partial charge in [-0.1, -0.05) is 18.2 Å². The van der Waals surface area contributed by atoms with Crippen LogP contribution in [-0.4, -0.2) is 57.0 Å². The second-order valence-electron chi connectivity index (χ2n) is 6.18. The number of ether oxygens (including phenoxy) is 2. The van der Waals surface area contributed by atoms with E-state index in [9.17, 15) is 8.42 Å². The van der Waals surface area contributed by atoms with Crippen LogP contribution in [0.25, 0.3) is 0 Å². The summed E-state index contributed by atoms with van der Waals surface area (Å²) in [4.78, 5) is 10.9. The van der Waals surface area contributed by atoms with Gasteiger partial charge in [-0.05, 0) is 19.1 Å². The minimum absolute atomic E-state index is 0.0483. The van der Waals surface area contributed by atoms with Crippen LogP contribution in [-0.2, 0) is 21.3 Å². The Morgan fingerprint density at radius 1 is 1.19 bits per heavy atom. The van der Waals surface area contributed by atoms with Gasteiger partial charge in [0, 0.05) is 24.8 Å². The van der Waals surface area contributed by atoms with E-state index in [1.165, 1.54) is 0 Å². The van der Waals surface area contributed by atoms with Crippen LogP contribution in [0.4, 0.5) is 5.82 Å². The number of rotatable bonds is 8. The molecule has 1 saturated heterocycles. The number of nitrogens with zero attached hydrogens (tertiary/aromatic N) is 3. The van der Waals surface area contributed by atoms with Gasteiger partial charge in [0.2, 0.25) is 10.0 Å². The fourth-order valence-electron chi connectivity index (χ4n) is 2.68. The van der Waals surface area contributed by atoms with Crippen LogP contribution in [0.15, 0.2) is 36.4 Å². The molecule has 0 bridgehead atoms. The van der Waals surface area contributed by atoms with Crippen molar-refractivity contribution in [1.29, 1.82) is 0 Å². The van der Waals surface area contributed by atoms with Gasteiger partial charge in [0.15, 0.2) is 0 Å². The van der Waals surface area contributed by atoms with E-state index in [2.05, 4.69) is 19.6 Å². The van der Waals surface area contributed by atoms with Crippen LogP contribution in [0.1, 0.15) is 11.5 Å². The molecular formula is C18H24N4O4S. The highest BCUT2D eigenvalue weighted by atomic mass is 32.2. The molecule has 0 saturated carbocycles. The Balaban J connectivity index is 1.54. The summed E-state index contributed by atoms with van der Waals surface area (Å²) < 4.78 is 37.7. The van der Waals surface area contributed by atoms with Crippen molar-refractivity contribution in [1.82, 2.24) is 14.7 Å². The number of nitrogens with one attached hydrogen (secondary N) is 1. The quantitative estimate of drug-likeness (QED) is 0.719. The van der Waals surface area contributed by atoms with Crippen LogP contribution < -0.4 is 14.4 Å². The summed E-state index contributed by atoms with van der Waals surface area (Å²) in [5.41, 5.74) is 0.799. The van der Waals surface area contributed by atoms with Gasteiger partial charge in [0.05, 0.1) is 25.5 Å².